The molecular weight excluding hydrogens is 276 g/mol. The summed E-state index contributed by atoms with van der Waals surface area (Å²) >= 11 is 0. The molecule has 0 radical (unpaired) electrons. The summed E-state index contributed by atoms with van der Waals surface area (Å²) in [5.74, 6) is 7.73. The third-order valence-corrected chi connectivity index (χ3v) is 9.47. The number of hydrogen-bond acceptors (Lipinski definition) is 0. The van der Waals surface area contributed by atoms with Gasteiger partial charge in [0.15, 0.2) is 0 Å². The van der Waals surface area contributed by atoms with E-state index in [1.807, 2.05) is 0 Å². The van der Waals surface area contributed by atoms with E-state index in [4.69, 9.17) is 0 Å². The van der Waals surface area contributed by atoms with Gasteiger partial charge in [-0.2, -0.15) is 0 Å². The fourth-order valence-corrected chi connectivity index (χ4v) is 8.25. The molecule has 0 N–H and O–H groups in total. The summed E-state index contributed by atoms with van der Waals surface area (Å²) in [6.07, 6.45) is 18.6. The second kappa shape index (κ2) is 6.38. The minimum atomic E-state index is 0.727. The Morgan fingerprint density at radius 3 is 2.43 bits per heavy atom. The first-order valence-electron chi connectivity index (χ1n) is 11.2. The van der Waals surface area contributed by atoms with Gasteiger partial charge in [-0.15, -0.1) is 0 Å². The van der Waals surface area contributed by atoms with Crippen LogP contribution >= 0.6 is 0 Å². The molecule has 4 aliphatic rings. The van der Waals surface area contributed by atoms with Gasteiger partial charge in [0.1, 0.15) is 0 Å². The van der Waals surface area contributed by atoms with E-state index in [0.717, 1.165) is 46.8 Å². The van der Waals surface area contributed by atoms with Crippen molar-refractivity contribution in [1.29, 1.82) is 0 Å². The molecule has 8 unspecified atom stereocenters. The highest BCUT2D eigenvalue weighted by Gasteiger charge is 2.56. The van der Waals surface area contributed by atoms with Gasteiger partial charge in [-0.1, -0.05) is 46.5 Å². The quantitative estimate of drug-likeness (QED) is 0.521. The summed E-state index contributed by atoms with van der Waals surface area (Å²) in [6, 6.07) is 0. The largest absolute Gasteiger partial charge is 0.0654 e. The topological polar surface area (TPSA) is 0 Å². The zero-order chi connectivity index (χ0) is 16.0. The standard InChI is InChI=1S/C23H40/c1-4-6-18-9-12-22-21-11-8-17-15-16(5-2)7-10-19(17)20(21)13-14-23(18,22)3/h16-22H,4-15H2,1-3H3. The third kappa shape index (κ3) is 2.62. The van der Waals surface area contributed by atoms with E-state index in [2.05, 4.69) is 20.8 Å². The van der Waals surface area contributed by atoms with Crippen molar-refractivity contribution < 1.29 is 0 Å². The van der Waals surface area contributed by atoms with Gasteiger partial charge in [0, 0.05) is 0 Å². The van der Waals surface area contributed by atoms with E-state index in [0.29, 0.717) is 0 Å². The molecule has 4 rings (SSSR count). The van der Waals surface area contributed by atoms with Crippen molar-refractivity contribution in [1.82, 2.24) is 0 Å². The summed E-state index contributed by atoms with van der Waals surface area (Å²) < 4.78 is 0. The summed E-state index contributed by atoms with van der Waals surface area (Å²) in [5, 5.41) is 0. The minimum Gasteiger partial charge on any atom is -0.0654 e. The van der Waals surface area contributed by atoms with E-state index < -0.39 is 0 Å². The van der Waals surface area contributed by atoms with Gasteiger partial charge in [-0.25, -0.2) is 0 Å². The van der Waals surface area contributed by atoms with Gasteiger partial charge in [0.2, 0.25) is 0 Å². The molecule has 0 aliphatic heterocycles. The molecule has 8 atom stereocenters. The van der Waals surface area contributed by atoms with Crippen molar-refractivity contribution in [3.8, 4) is 0 Å². The maximum absolute atomic E-state index is 2.71. The second-order valence-electron chi connectivity index (χ2n) is 10.1. The SMILES string of the molecule is CCCC1CCC2C3CCC4CC(CC)CCC4C3CCC12C. The van der Waals surface area contributed by atoms with Crippen LogP contribution in [0.5, 0.6) is 0 Å². The number of rotatable bonds is 3. The second-order valence-corrected chi connectivity index (χ2v) is 10.1. The van der Waals surface area contributed by atoms with Gasteiger partial charge >= 0.3 is 0 Å². The fraction of sp³-hybridized carbons (Fsp3) is 1.00. The molecule has 0 amide bonds. The van der Waals surface area contributed by atoms with Crippen molar-refractivity contribution >= 4 is 0 Å². The van der Waals surface area contributed by atoms with Gasteiger partial charge < -0.3 is 0 Å². The van der Waals surface area contributed by atoms with Crippen LogP contribution in [0.1, 0.15) is 97.8 Å². The van der Waals surface area contributed by atoms with Crippen LogP contribution in [0.15, 0.2) is 0 Å². The van der Waals surface area contributed by atoms with Crippen molar-refractivity contribution in [2.45, 2.75) is 97.8 Å². The molecule has 4 saturated carbocycles. The molecule has 0 heterocycles. The smallest absolute Gasteiger partial charge is 0.0266 e. The highest BCUT2D eigenvalue weighted by molar-refractivity contribution is 5.05. The first kappa shape index (κ1) is 16.5. The summed E-state index contributed by atoms with van der Waals surface area (Å²) in [7, 11) is 0. The minimum absolute atomic E-state index is 0.727. The van der Waals surface area contributed by atoms with Crippen molar-refractivity contribution in [2.75, 3.05) is 0 Å². The van der Waals surface area contributed by atoms with E-state index in [9.17, 15) is 0 Å². The average molecular weight is 317 g/mol. The maximum Gasteiger partial charge on any atom is -0.0266 e. The van der Waals surface area contributed by atoms with Gasteiger partial charge in [0.05, 0.1) is 0 Å². The molecule has 0 bridgehead atoms. The Balaban J connectivity index is 1.50. The lowest BCUT2D eigenvalue weighted by molar-refractivity contribution is -0.0689. The summed E-state index contributed by atoms with van der Waals surface area (Å²) in [5.41, 5.74) is 0.727. The average Bonchev–Trinajstić information content (AvgIpc) is 2.91. The fourth-order valence-electron chi connectivity index (χ4n) is 8.25. The van der Waals surface area contributed by atoms with Crippen LogP contribution < -0.4 is 0 Å². The van der Waals surface area contributed by atoms with Crippen LogP contribution in [-0.2, 0) is 0 Å². The zero-order valence-electron chi connectivity index (χ0n) is 16.0. The Hall–Kier alpha value is 0. The Kier molecular flexibility index (Phi) is 4.57. The first-order chi connectivity index (χ1) is 11.2. The van der Waals surface area contributed by atoms with E-state index >= 15 is 0 Å². The highest BCUT2D eigenvalue weighted by Crippen LogP contribution is 2.65. The normalized spacial score (nSPS) is 52.6. The maximum atomic E-state index is 2.71. The monoisotopic (exact) mass is 316 g/mol. The Bertz CT molecular complexity index is 412. The Morgan fingerprint density at radius 1 is 0.826 bits per heavy atom. The van der Waals surface area contributed by atoms with Crippen LogP contribution in [0.3, 0.4) is 0 Å². The summed E-state index contributed by atoms with van der Waals surface area (Å²) in [4.78, 5) is 0. The molecule has 0 spiro atoms. The predicted molar refractivity (Wildman–Crippen MR) is 99.3 cm³/mol. The lowest BCUT2D eigenvalue weighted by Gasteiger charge is -2.56. The zero-order valence-corrected chi connectivity index (χ0v) is 16.0. The highest BCUT2D eigenvalue weighted by atomic mass is 14.6. The molecular formula is C23H40. The Morgan fingerprint density at radius 2 is 1.65 bits per heavy atom. The third-order valence-electron chi connectivity index (χ3n) is 9.47. The number of fused-ring (bicyclic) bond motifs is 5. The molecule has 4 fully saturated rings. The predicted octanol–water partition coefficient (Wildman–Crippen LogP) is 7.08. The lowest BCUT2D eigenvalue weighted by Crippen LogP contribution is -2.48. The molecule has 0 aromatic carbocycles. The lowest BCUT2D eigenvalue weighted by atomic mass is 9.49. The van der Waals surface area contributed by atoms with Gasteiger partial charge in [-0.05, 0) is 98.2 Å². The van der Waals surface area contributed by atoms with Crippen LogP contribution in [-0.4, -0.2) is 0 Å². The molecule has 0 aromatic rings. The Labute approximate surface area is 145 Å². The van der Waals surface area contributed by atoms with Crippen molar-refractivity contribution in [2.24, 2.45) is 46.8 Å². The van der Waals surface area contributed by atoms with Gasteiger partial charge in [0.25, 0.3) is 0 Å². The molecule has 0 nitrogen and oxygen atoms in total. The van der Waals surface area contributed by atoms with Crippen LogP contribution in [0, 0.1) is 46.8 Å². The van der Waals surface area contributed by atoms with Gasteiger partial charge in [-0.3, -0.25) is 0 Å². The van der Waals surface area contributed by atoms with Crippen molar-refractivity contribution in [3.05, 3.63) is 0 Å². The van der Waals surface area contributed by atoms with Crippen LogP contribution in [0.2, 0.25) is 0 Å². The van der Waals surface area contributed by atoms with Crippen LogP contribution in [0.4, 0.5) is 0 Å². The molecule has 4 aliphatic carbocycles. The first-order valence-corrected chi connectivity index (χ1v) is 11.2. The van der Waals surface area contributed by atoms with Crippen LogP contribution in [0.25, 0.3) is 0 Å². The van der Waals surface area contributed by atoms with E-state index in [1.54, 1.807) is 57.8 Å². The molecule has 0 heteroatoms. The van der Waals surface area contributed by atoms with Crippen molar-refractivity contribution in [3.63, 3.8) is 0 Å². The van der Waals surface area contributed by atoms with E-state index in [1.165, 1.54) is 19.3 Å². The molecule has 132 valence electrons. The molecule has 0 aromatic heterocycles. The molecule has 0 saturated heterocycles. The number of hydrogen-bond donors (Lipinski definition) is 0. The molecule has 23 heavy (non-hydrogen) atoms. The van der Waals surface area contributed by atoms with E-state index in [-0.39, 0.29) is 0 Å². The summed E-state index contributed by atoms with van der Waals surface area (Å²) in [6.45, 7) is 7.54.